The fourth-order valence-electron chi connectivity index (χ4n) is 2.39. The molecule has 0 bridgehead atoms. The van der Waals surface area contributed by atoms with Crippen LogP contribution in [0, 0.1) is 6.92 Å². The monoisotopic (exact) mass is 277 g/mol. The van der Waals surface area contributed by atoms with Crippen molar-refractivity contribution in [1.82, 2.24) is 4.90 Å². The summed E-state index contributed by atoms with van der Waals surface area (Å²) in [5.74, 6) is -0.00109. The van der Waals surface area contributed by atoms with Gasteiger partial charge in [0, 0.05) is 24.0 Å². The van der Waals surface area contributed by atoms with Crippen molar-refractivity contribution in [2.24, 2.45) is 0 Å². The molecular formula is C15H23N3O2. The number of nitrogens with zero attached hydrogens (tertiary/aromatic N) is 1. The molecule has 2 rings (SSSR count). The minimum Gasteiger partial charge on any atom is -0.399 e. The quantitative estimate of drug-likeness (QED) is 0.824. The van der Waals surface area contributed by atoms with Crippen LogP contribution in [0.5, 0.6) is 0 Å². The number of benzene rings is 1. The molecule has 0 aromatic heterocycles. The van der Waals surface area contributed by atoms with E-state index in [1.807, 2.05) is 26.0 Å². The van der Waals surface area contributed by atoms with Crippen LogP contribution in [-0.4, -0.2) is 42.6 Å². The first kappa shape index (κ1) is 14.8. The number of nitrogens with two attached hydrogens (primary N) is 1. The molecule has 5 heteroatoms. The van der Waals surface area contributed by atoms with Gasteiger partial charge in [-0.2, -0.15) is 0 Å². The largest absolute Gasteiger partial charge is 0.399 e. The lowest BCUT2D eigenvalue weighted by molar-refractivity contribution is -0.121. The molecular weight excluding hydrogens is 254 g/mol. The first-order valence-electron chi connectivity index (χ1n) is 6.97. The SMILES string of the molecule is Cc1cc(N)ccc1NC(=O)CN1CC(C)OCC1C. The van der Waals surface area contributed by atoms with Gasteiger partial charge in [0.25, 0.3) is 0 Å². The molecule has 0 aliphatic carbocycles. The van der Waals surface area contributed by atoms with Gasteiger partial charge < -0.3 is 15.8 Å². The Labute approximate surface area is 120 Å². The summed E-state index contributed by atoms with van der Waals surface area (Å²) in [4.78, 5) is 14.3. The highest BCUT2D eigenvalue weighted by Gasteiger charge is 2.25. The van der Waals surface area contributed by atoms with E-state index in [-0.39, 0.29) is 18.1 Å². The van der Waals surface area contributed by atoms with Crippen LogP contribution in [0.2, 0.25) is 0 Å². The Bertz CT molecular complexity index is 490. The second-order valence-electron chi connectivity index (χ2n) is 5.54. The molecule has 1 heterocycles. The van der Waals surface area contributed by atoms with E-state index in [2.05, 4.69) is 17.1 Å². The summed E-state index contributed by atoms with van der Waals surface area (Å²) < 4.78 is 5.57. The molecule has 1 saturated heterocycles. The van der Waals surface area contributed by atoms with Crippen LogP contribution in [0.15, 0.2) is 18.2 Å². The van der Waals surface area contributed by atoms with Crippen molar-refractivity contribution < 1.29 is 9.53 Å². The molecule has 1 aromatic carbocycles. The first-order valence-corrected chi connectivity index (χ1v) is 6.97. The van der Waals surface area contributed by atoms with Crippen molar-refractivity contribution in [3.05, 3.63) is 23.8 Å². The van der Waals surface area contributed by atoms with Crippen LogP contribution in [0.25, 0.3) is 0 Å². The minimum atomic E-state index is -0.00109. The van der Waals surface area contributed by atoms with Gasteiger partial charge in [-0.15, -0.1) is 0 Å². The molecule has 0 radical (unpaired) electrons. The summed E-state index contributed by atoms with van der Waals surface area (Å²) in [6.45, 7) is 7.89. The summed E-state index contributed by atoms with van der Waals surface area (Å²) in [5, 5.41) is 2.94. The number of carbonyl (C=O) groups is 1. The lowest BCUT2D eigenvalue weighted by atomic mass is 10.1. The molecule has 110 valence electrons. The number of nitrogens with one attached hydrogen (secondary N) is 1. The van der Waals surface area contributed by atoms with Gasteiger partial charge >= 0.3 is 0 Å². The van der Waals surface area contributed by atoms with E-state index in [0.717, 1.165) is 17.8 Å². The fourth-order valence-corrected chi connectivity index (χ4v) is 2.39. The van der Waals surface area contributed by atoms with Crippen LogP contribution in [0.1, 0.15) is 19.4 Å². The number of aryl methyl sites for hydroxylation is 1. The van der Waals surface area contributed by atoms with E-state index in [4.69, 9.17) is 10.5 Å². The Balaban J connectivity index is 1.94. The van der Waals surface area contributed by atoms with Crippen molar-refractivity contribution in [2.45, 2.75) is 32.9 Å². The second kappa shape index (κ2) is 6.24. The van der Waals surface area contributed by atoms with Gasteiger partial charge in [0.05, 0.1) is 19.3 Å². The van der Waals surface area contributed by atoms with Crippen LogP contribution in [0.3, 0.4) is 0 Å². The summed E-state index contributed by atoms with van der Waals surface area (Å²) in [6, 6.07) is 5.76. The van der Waals surface area contributed by atoms with Crippen LogP contribution in [0.4, 0.5) is 11.4 Å². The summed E-state index contributed by atoms with van der Waals surface area (Å²) >= 11 is 0. The number of hydrogen-bond acceptors (Lipinski definition) is 4. The Morgan fingerprint density at radius 3 is 2.95 bits per heavy atom. The van der Waals surface area contributed by atoms with Gasteiger partial charge in [0.1, 0.15) is 0 Å². The molecule has 5 nitrogen and oxygen atoms in total. The van der Waals surface area contributed by atoms with E-state index in [0.29, 0.717) is 18.8 Å². The third-order valence-corrected chi connectivity index (χ3v) is 3.61. The van der Waals surface area contributed by atoms with Crippen molar-refractivity contribution >= 4 is 17.3 Å². The molecule has 2 unspecified atom stereocenters. The molecule has 2 atom stereocenters. The van der Waals surface area contributed by atoms with Gasteiger partial charge in [-0.25, -0.2) is 0 Å². The maximum absolute atomic E-state index is 12.1. The van der Waals surface area contributed by atoms with Crippen molar-refractivity contribution in [3.63, 3.8) is 0 Å². The summed E-state index contributed by atoms with van der Waals surface area (Å²) in [6.07, 6.45) is 0.178. The lowest BCUT2D eigenvalue weighted by Crippen LogP contribution is -2.50. The highest BCUT2D eigenvalue weighted by Crippen LogP contribution is 2.18. The number of morpholine rings is 1. The zero-order chi connectivity index (χ0) is 14.7. The molecule has 3 N–H and O–H groups in total. The number of anilines is 2. The van der Waals surface area contributed by atoms with E-state index in [9.17, 15) is 4.79 Å². The number of nitrogen functional groups attached to an aromatic ring is 1. The normalized spacial score (nSPS) is 23.6. The maximum atomic E-state index is 12.1. The molecule has 0 spiro atoms. The van der Waals surface area contributed by atoms with Crippen LogP contribution >= 0.6 is 0 Å². The Morgan fingerprint density at radius 2 is 2.25 bits per heavy atom. The molecule has 1 fully saturated rings. The topological polar surface area (TPSA) is 67.6 Å². The van der Waals surface area contributed by atoms with Gasteiger partial charge in [-0.3, -0.25) is 9.69 Å². The first-order chi connectivity index (χ1) is 9.45. The molecule has 0 saturated carbocycles. The van der Waals surface area contributed by atoms with E-state index in [1.165, 1.54) is 0 Å². The molecule has 1 aromatic rings. The van der Waals surface area contributed by atoms with E-state index in [1.54, 1.807) is 6.07 Å². The average molecular weight is 277 g/mol. The Kier molecular flexibility index (Phi) is 4.62. The average Bonchev–Trinajstić information content (AvgIpc) is 2.37. The fraction of sp³-hybridized carbons (Fsp3) is 0.533. The number of carbonyl (C=O) groups excluding carboxylic acids is 1. The number of amides is 1. The highest BCUT2D eigenvalue weighted by atomic mass is 16.5. The Morgan fingerprint density at radius 1 is 1.50 bits per heavy atom. The molecule has 20 heavy (non-hydrogen) atoms. The van der Waals surface area contributed by atoms with Crippen molar-refractivity contribution in [1.29, 1.82) is 0 Å². The second-order valence-corrected chi connectivity index (χ2v) is 5.54. The van der Waals surface area contributed by atoms with E-state index >= 15 is 0 Å². The molecule has 1 aliphatic heterocycles. The maximum Gasteiger partial charge on any atom is 0.238 e. The third kappa shape index (κ3) is 3.71. The number of ether oxygens (including phenoxy) is 1. The molecule has 1 aliphatic rings. The van der Waals surface area contributed by atoms with Gasteiger partial charge in [0.2, 0.25) is 5.91 Å². The van der Waals surface area contributed by atoms with Gasteiger partial charge in [-0.05, 0) is 44.5 Å². The smallest absolute Gasteiger partial charge is 0.238 e. The number of rotatable bonds is 3. The molecule has 1 amide bonds. The van der Waals surface area contributed by atoms with Gasteiger partial charge in [-0.1, -0.05) is 0 Å². The van der Waals surface area contributed by atoms with Crippen molar-refractivity contribution in [2.75, 3.05) is 30.7 Å². The zero-order valence-corrected chi connectivity index (χ0v) is 12.3. The van der Waals surface area contributed by atoms with E-state index < -0.39 is 0 Å². The highest BCUT2D eigenvalue weighted by molar-refractivity contribution is 5.93. The minimum absolute atomic E-state index is 0.00109. The Hall–Kier alpha value is -1.59. The summed E-state index contributed by atoms with van der Waals surface area (Å²) in [7, 11) is 0. The zero-order valence-electron chi connectivity index (χ0n) is 12.3. The van der Waals surface area contributed by atoms with Crippen LogP contribution in [-0.2, 0) is 9.53 Å². The summed E-state index contributed by atoms with van der Waals surface area (Å²) in [5.41, 5.74) is 8.20. The van der Waals surface area contributed by atoms with Gasteiger partial charge in [0.15, 0.2) is 0 Å². The predicted molar refractivity (Wildman–Crippen MR) is 80.7 cm³/mol. The lowest BCUT2D eigenvalue weighted by Gasteiger charge is -2.36. The van der Waals surface area contributed by atoms with Crippen molar-refractivity contribution in [3.8, 4) is 0 Å². The van der Waals surface area contributed by atoms with Crippen LogP contribution < -0.4 is 11.1 Å². The third-order valence-electron chi connectivity index (χ3n) is 3.61. The predicted octanol–water partition coefficient (Wildman–Crippen LogP) is 1.62. The standard InChI is InChI=1S/C15H23N3O2/c1-10-6-13(16)4-5-14(10)17-15(19)8-18-7-12(3)20-9-11(18)2/h4-6,11-12H,7-9,16H2,1-3H3,(H,17,19). The number of hydrogen-bond donors (Lipinski definition) is 2.